The number of anilines is 1. The van der Waals surface area contributed by atoms with Gasteiger partial charge in [0.05, 0.1) is 17.5 Å². The maximum absolute atomic E-state index is 13.3. The minimum atomic E-state index is -0.555. The monoisotopic (exact) mass is 551 g/mol. The van der Waals surface area contributed by atoms with Crippen LogP contribution in [0.3, 0.4) is 0 Å². The van der Waals surface area contributed by atoms with Gasteiger partial charge in [-0.3, -0.25) is 14.4 Å². The van der Waals surface area contributed by atoms with Gasteiger partial charge in [-0.1, -0.05) is 29.5 Å². The molecule has 5 N–H and O–H groups in total. The molecule has 12 heteroatoms. The van der Waals surface area contributed by atoms with E-state index in [2.05, 4.69) is 35.8 Å². The Bertz CT molecular complexity index is 1800. The quantitative estimate of drug-likeness (QED) is 0.252. The molecule has 6 rings (SSSR count). The molecule has 0 spiro atoms. The van der Waals surface area contributed by atoms with Gasteiger partial charge in [-0.25, -0.2) is 0 Å². The summed E-state index contributed by atoms with van der Waals surface area (Å²) >= 11 is 0. The molecule has 3 amide bonds. The van der Waals surface area contributed by atoms with Crippen molar-refractivity contribution in [2.75, 3.05) is 38.5 Å². The number of benzene rings is 3. The maximum Gasteiger partial charge on any atom is 0.254 e. The van der Waals surface area contributed by atoms with Gasteiger partial charge in [0, 0.05) is 53.7 Å². The van der Waals surface area contributed by atoms with Crippen molar-refractivity contribution in [1.82, 2.24) is 35.4 Å². The van der Waals surface area contributed by atoms with E-state index in [1.807, 2.05) is 61.3 Å². The minimum Gasteiger partial charge on any atom is -0.366 e. The minimum absolute atomic E-state index is 0.0185. The fraction of sp³-hybridized carbons (Fsp3) is 0.241. The van der Waals surface area contributed by atoms with E-state index >= 15 is 0 Å². The number of hydrogen-bond donors (Lipinski definition) is 4. The summed E-state index contributed by atoms with van der Waals surface area (Å²) in [5.41, 5.74) is 11.2. The standard InChI is InChI=1S/C29H29N9O3/c1-16-18(4-3-5-22(16)31-25(39)15-24-33-35-36-34-24)19-8-9-21(28(30)40)27-26(19)20-7-6-17(14-23(20)32-27)29(41)38-12-10-37(2)11-13-38/h3-9,14,32H,10-13,15H2,1-2H3,(H2,30,40)(H,31,39)(H,33,34,35,36). The molecular formula is C29H29N9O3. The second-order valence-electron chi connectivity index (χ2n) is 10.3. The number of fused-ring (bicyclic) bond motifs is 3. The number of nitrogens with two attached hydrogens (primary N) is 1. The van der Waals surface area contributed by atoms with Crippen molar-refractivity contribution >= 4 is 45.2 Å². The summed E-state index contributed by atoms with van der Waals surface area (Å²) in [4.78, 5) is 45.7. The SMILES string of the molecule is Cc1c(NC(=O)Cc2nn[nH]n2)cccc1-c1ccc(C(N)=O)c2[nH]c3cc(C(=O)N4CCN(C)CC4)ccc3c12. The first-order chi connectivity index (χ1) is 19.8. The molecule has 1 saturated heterocycles. The zero-order valence-corrected chi connectivity index (χ0v) is 22.7. The third kappa shape index (κ3) is 4.89. The molecule has 0 aliphatic carbocycles. The van der Waals surface area contributed by atoms with Crippen LogP contribution in [0.5, 0.6) is 0 Å². The molecule has 3 aromatic carbocycles. The maximum atomic E-state index is 13.3. The van der Waals surface area contributed by atoms with Crippen molar-refractivity contribution in [2.24, 2.45) is 5.73 Å². The van der Waals surface area contributed by atoms with Crippen molar-refractivity contribution in [3.63, 3.8) is 0 Å². The van der Waals surface area contributed by atoms with E-state index in [1.165, 1.54) is 0 Å². The molecule has 3 heterocycles. The number of likely N-dealkylation sites (N-methyl/N-ethyl adjacent to an activating group) is 1. The van der Waals surface area contributed by atoms with Crippen molar-refractivity contribution in [3.05, 3.63) is 71.0 Å². The Morgan fingerprint density at radius 2 is 1.83 bits per heavy atom. The third-order valence-corrected chi connectivity index (χ3v) is 7.66. The van der Waals surface area contributed by atoms with Crippen LogP contribution in [-0.4, -0.2) is 86.4 Å². The van der Waals surface area contributed by atoms with Crippen molar-refractivity contribution in [1.29, 1.82) is 0 Å². The van der Waals surface area contributed by atoms with Crippen molar-refractivity contribution in [3.8, 4) is 11.1 Å². The van der Waals surface area contributed by atoms with E-state index in [4.69, 9.17) is 5.73 Å². The molecule has 0 bridgehead atoms. The largest absolute Gasteiger partial charge is 0.366 e. The average Bonchev–Trinajstić information content (AvgIpc) is 3.61. The van der Waals surface area contributed by atoms with Crippen LogP contribution in [0.4, 0.5) is 5.69 Å². The molecule has 41 heavy (non-hydrogen) atoms. The number of nitrogens with one attached hydrogen (secondary N) is 3. The molecule has 0 saturated carbocycles. The first kappa shape index (κ1) is 26.1. The highest BCUT2D eigenvalue weighted by atomic mass is 16.2. The molecule has 1 aliphatic heterocycles. The number of nitrogens with zero attached hydrogens (tertiary/aromatic N) is 5. The summed E-state index contributed by atoms with van der Waals surface area (Å²) in [6, 6.07) is 14.8. The van der Waals surface area contributed by atoms with Crippen LogP contribution in [0.2, 0.25) is 0 Å². The van der Waals surface area contributed by atoms with Crippen molar-refractivity contribution < 1.29 is 14.4 Å². The fourth-order valence-corrected chi connectivity index (χ4v) is 5.43. The van der Waals surface area contributed by atoms with E-state index in [1.54, 1.807) is 6.07 Å². The number of rotatable bonds is 6. The number of tetrazole rings is 1. The molecule has 0 atom stereocenters. The Labute approximate surface area is 234 Å². The highest BCUT2D eigenvalue weighted by molar-refractivity contribution is 6.20. The van der Waals surface area contributed by atoms with E-state index in [9.17, 15) is 14.4 Å². The number of hydrogen-bond acceptors (Lipinski definition) is 7. The van der Waals surface area contributed by atoms with Gasteiger partial charge < -0.3 is 25.8 Å². The number of piperazine rings is 1. The van der Waals surface area contributed by atoms with Gasteiger partial charge in [0.15, 0.2) is 5.82 Å². The number of amides is 3. The highest BCUT2D eigenvalue weighted by Gasteiger charge is 2.23. The first-order valence-electron chi connectivity index (χ1n) is 13.3. The van der Waals surface area contributed by atoms with Gasteiger partial charge in [-0.05, 0) is 54.9 Å². The molecule has 5 aromatic rings. The predicted molar refractivity (Wildman–Crippen MR) is 154 cm³/mol. The zero-order chi connectivity index (χ0) is 28.7. The zero-order valence-electron chi connectivity index (χ0n) is 22.7. The third-order valence-electron chi connectivity index (χ3n) is 7.66. The van der Waals surface area contributed by atoms with Crippen LogP contribution in [0.25, 0.3) is 32.9 Å². The highest BCUT2D eigenvalue weighted by Crippen LogP contribution is 2.39. The number of aromatic amines is 2. The summed E-state index contributed by atoms with van der Waals surface area (Å²) in [6.07, 6.45) is -0.0185. The lowest BCUT2D eigenvalue weighted by Crippen LogP contribution is -2.47. The smallest absolute Gasteiger partial charge is 0.254 e. The van der Waals surface area contributed by atoms with Crippen molar-refractivity contribution in [2.45, 2.75) is 13.3 Å². The normalized spacial score (nSPS) is 14.0. The lowest BCUT2D eigenvalue weighted by molar-refractivity contribution is -0.115. The Balaban J connectivity index is 1.42. The molecule has 208 valence electrons. The van der Waals surface area contributed by atoms with Crippen LogP contribution in [0.15, 0.2) is 48.5 Å². The lowest BCUT2D eigenvalue weighted by atomic mass is 9.93. The van der Waals surface area contributed by atoms with Gasteiger partial charge in [-0.15, -0.1) is 10.2 Å². The molecular weight excluding hydrogens is 522 g/mol. The predicted octanol–water partition coefficient (Wildman–Crippen LogP) is 2.48. The summed E-state index contributed by atoms with van der Waals surface area (Å²) in [5, 5.41) is 18.1. The molecule has 12 nitrogen and oxygen atoms in total. The number of aromatic nitrogens is 5. The Kier molecular flexibility index (Phi) is 6.67. The summed E-state index contributed by atoms with van der Waals surface area (Å²) in [5.74, 6) is -0.551. The van der Waals surface area contributed by atoms with E-state index in [-0.39, 0.29) is 18.2 Å². The van der Waals surface area contributed by atoms with Crippen LogP contribution in [0.1, 0.15) is 32.1 Å². The number of primary amides is 1. The van der Waals surface area contributed by atoms with Gasteiger partial charge in [0.25, 0.3) is 11.8 Å². The molecule has 1 aliphatic rings. The van der Waals surface area contributed by atoms with Crippen LogP contribution in [0, 0.1) is 6.92 Å². The average molecular weight is 552 g/mol. The summed E-state index contributed by atoms with van der Waals surface area (Å²) < 4.78 is 0. The Hall–Kier alpha value is -5.10. The number of H-pyrrole nitrogens is 2. The van der Waals surface area contributed by atoms with Gasteiger partial charge in [0.1, 0.15) is 0 Å². The van der Waals surface area contributed by atoms with Crippen LogP contribution in [-0.2, 0) is 11.2 Å². The topological polar surface area (TPSA) is 166 Å². The Morgan fingerprint density at radius 1 is 1.02 bits per heavy atom. The Morgan fingerprint density at radius 3 is 2.56 bits per heavy atom. The fourth-order valence-electron chi connectivity index (χ4n) is 5.43. The second-order valence-corrected chi connectivity index (χ2v) is 10.3. The van der Waals surface area contributed by atoms with E-state index in [0.717, 1.165) is 46.1 Å². The van der Waals surface area contributed by atoms with E-state index < -0.39 is 5.91 Å². The second kappa shape index (κ2) is 10.5. The molecule has 0 unspecified atom stereocenters. The van der Waals surface area contributed by atoms with E-state index in [0.29, 0.717) is 41.2 Å². The molecule has 0 radical (unpaired) electrons. The first-order valence-corrected chi connectivity index (χ1v) is 13.3. The van der Waals surface area contributed by atoms with Gasteiger partial charge in [-0.2, -0.15) is 5.21 Å². The number of carbonyl (C=O) groups excluding carboxylic acids is 3. The molecule has 1 fully saturated rings. The van der Waals surface area contributed by atoms with Crippen LogP contribution >= 0.6 is 0 Å². The lowest BCUT2D eigenvalue weighted by Gasteiger charge is -2.32. The van der Waals surface area contributed by atoms with Gasteiger partial charge >= 0.3 is 0 Å². The summed E-state index contributed by atoms with van der Waals surface area (Å²) in [6.45, 7) is 4.95. The van der Waals surface area contributed by atoms with Crippen LogP contribution < -0.4 is 11.1 Å². The van der Waals surface area contributed by atoms with Gasteiger partial charge in [0.2, 0.25) is 5.91 Å². The molecule has 2 aromatic heterocycles. The number of carbonyl (C=O) groups is 3. The summed E-state index contributed by atoms with van der Waals surface area (Å²) in [7, 11) is 2.05.